The van der Waals surface area contributed by atoms with Crippen molar-refractivity contribution in [3.8, 4) is 0 Å². The molecule has 0 saturated carbocycles. The number of hydrogen-bond acceptors (Lipinski definition) is 3. The highest BCUT2D eigenvalue weighted by Gasteiger charge is 2.16. The Balaban J connectivity index is 1.63. The molecule has 0 saturated heterocycles. The Bertz CT molecular complexity index is 740. The molecule has 1 aromatic heterocycles. The van der Waals surface area contributed by atoms with Crippen molar-refractivity contribution in [2.45, 2.75) is 12.6 Å². The molecule has 1 atom stereocenters. The van der Waals surface area contributed by atoms with Crippen LogP contribution < -0.4 is 10.8 Å². The Kier molecular flexibility index (Phi) is 5.74. The second-order valence-corrected chi connectivity index (χ2v) is 5.47. The van der Waals surface area contributed by atoms with E-state index in [0.29, 0.717) is 6.61 Å². The molecule has 2 N–H and O–H groups in total. The van der Waals surface area contributed by atoms with Gasteiger partial charge in [0, 0.05) is 12.4 Å². The number of pyridine rings is 1. The van der Waals surface area contributed by atoms with Gasteiger partial charge in [-0.1, -0.05) is 60.7 Å². The van der Waals surface area contributed by atoms with E-state index >= 15 is 0 Å². The van der Waals surface area contributed by atoms with Crippen LogP contribution in [-0.4, -0.2) is 11.0 Å². The number of hydroxylamine groups is 1. The second-order valence-electron chi connectivity index (χ2n) is 5.47. The zero-order chi connectivity index (χ0) is 17.3. The van der Waals surface area contributed by atoms with Gasteiger partial charge in [0.15, 0.2) is 0 Å². The maximum absolute atomic E-state index is 12.2. The summed E-state index contributed by atoms with van der Waals surface area (Å²) in [4.78, 5) is 21.5. The zero-order valence-corrected chi connectivity index (χ0v) is 13.6. The van der Waals surface area contributed by atoms with Gasteiger partial charge in [-0.3, -0.25) is 9.82 Å². The molecule has 5 nitrogen and oxygen atoms in total. The van der Waals surface area contributed by atoms with Crippen LogP contribution in [0.4, 0.5) is 4.79 Å². The summed E-state index contributed by atoms with van der Waals surface area (Å²) in [6.45, 7) is 0.305. The van der Waals surface area contributed by atoms with Crippen LogP contribution >= 0.6 is 0 Å². The molecule has 5 heteroatoms. The van der Waals surface area contributed by atoms with Crippen LogP contribution in [-0.2, 0) is 11.4 Å². The number of carbonyl (C=O) groups is 1. The zero-order valence-electron chi connectivity index (χ0n) is 13.6. The third kappa shape index (κ3) is 4.89. The van der Waals surface area contributed by atoms with Gasteiger partial charge in [-0.25, -0.2) is 10.3 Å². The van der Waals surface area contributed by atoms with E-state index in [0.717, 1.165) is 16.7 Å². The monoisotopic (exact) mass is 333 g/mol. The van der Waals surface area contributed by atoms with Crippen LogP contribution in [0.3, 0.4) is 0 Å². The summed E-state index contributed by atoms with van der Waals surface area (Å²) in [6.07, 6.45) is 3.41. The minimum Gasteiger partial charge on any atom is -0.325 e. The molecule has 0 unspecified atom stereocenters. The highest BCUT2D eigenvalue weighted by atomic mass is 16.7. The number of nitrogens with zero attached hydrogens (tertiary/aromatic N) is 1. The highest BCUT2D eigenvalue weighted by molar-refractivity contribution is 5.73. The Hall–Kier alpha value is -3.18. The Labute approximate surface area is 146 Å². The normalized spacial score (nSPS) is 11.5. The van der Waals surface area contributed by atoms with Gasteiger partial charge in [0.25, 0.3) is 0 Å². The summed E-state index contributed by atoms with van der Waals surface area (Å²) >= 11 is 0. The first-order valence-electron chi connectivity index (χ1n) is 8.00. The summed E-state index contributed by atoms with van der Waals surface area (Å²) in [5, 5.41) is 2.93. The van der Waals surface area contributed by atoms with E-state index < -0.39 is 6.03 Å². The molecule has 3 rings (SSSR count). The molecule has 0 fully saturated rings. The van der Waals surface area contributed by atoms with Crippen LogP contribution in [0.1, 0.15) is 22.7 Å². The maximum atomic E-state index is 12.2. The van der Waals surface area contributed by atoms with E-state index in [1.165, 1.54) is 0 Å². The Morgan fingerprint density at radius 3 is 2.16 bits per heavy atom. The molecule has 25 heavy (non-hydrogen) atoms. The summed E-state index contributed by atoms with van der Waals surface area (Å²) in [6, 6.07) is 22.5. The fourth-order valence-electron chi connectivity index (χ4n) is 2.48. The van der Waals surface area contributed by atoms with Crippen LogP contribution in [0.25, 0.3) is 0 Å². The van der Waals surface area contributed by atoms with Gasteiger partial charge in [0.05, 0.1) is 12.6 Å². The third-order valence-corrected chi connectivity index (χ3v) is 3.69. The molecule has 0 spiro atoms. The Morgan fingerprint density at radius 1 is 0.880 bits per heavy atom. The first-order valence-corrected chi connectivity index (χ1v) is 8.00. The van der Waals surface area contributed by atoms with Crippen molar-refractivity contribution in [3.63, 3.8) is 0 Å². The molecule has 2 aromatic carbocycles. The lowest BCUT2D eigenvalue weighted by Crippen LogP contribution is -2.38. The van der Waals surface area contributed by atoms with E-state index in [2.05, 4.69) is 15.8 Å². The van der Waals surface area contributed by atoms with E-state index in [1.54, 1.807) is 12.4 Å². The topological polar surface area (TPSA) is 63.2 Å². The number of aromatic nitrogens is 1. The molecule has 1 heterocycles. The lowest BCUT2D eigenvalue weighted by molar-refractivity contribution is 0.0485. The molecular weight excluding hydrogens is 314 g/mol. The van der Waals surface area contributed by atoms with E-state index in [9.17, 15) is 4.79 Å². The number of urea groups is 1. The van der Waals surface area contributed by atoms with Crippen molar-refractivity contribution < 1.29 is 9.63 Å². The van der Waals surface area contributed by atoms with Crippen LogP contribution in [0.15, 0.2) is 85.2 Å². The van der Waals surface area contributed by atoms with Crippen molar-refractivity contribution in [1.29, 1.82) is 0 Å². The Morgan fingerprint density at radius 2 is 1.48 bits per heavy atom. The van der Waals surface area contributed by atoms with Crippen molar-refractivity contribution in [2.75, 3.05) is 0 Å². The number of benzene rings is 2. The first-order chi connectivity index (χ1) is 12.3. The van der Waals surface area contributed by atoms with Gasteiger partial charge >= 0.3 is 6.03 Å². The average molecular weight is 333 g/mol. The minimum atomic E-state index is -0.401. The van der Waals surface area contributed by atoms with Gasteiger partial charge in [0.2, 0.25) is 0 Å². The average Bonchev–Trinajstić information content (AvgIpc) is 2.68. The largest absolute Gasteiger partial charge is 0.339 e. The smallest absolute Gasteiger partial charge is 0.325 e. The fourth-order valence-corrected chi connectivity index (χ4v) is 2.48. The first kappa shape index (κ1) is 16.7. The molecule has 0 bridgehead atoms. The van der Waals surface area contributed by atoms with Crippen molar-refractivity contribution >= 4 is 6.03 Å². The lowest BCUT2D eigenvalue weighted by atomic mass is 10.00. The molecule has 0 radical (unpaired) electrons. The summed E-state index contributed by atoms with van der Waals surface area (Å²) < 4.78 is 0. The summed E-state index contributed by atoms with van der Waals surface area (Å²) in [7, 11) is 0. The van der Waals surface area contributed by atoms with Gasteiger partial charge < -0.3 is 5.32 Å². The number of nitrogens with one attached hydrogen (secondary N) is 2. The van der Waals surface area contributed by atoms with E-state index in [4.69, 9.17) is 4.84 Å². The molecule has 2 amide bonds. The number of carbonyl (C=O) groups excluding carboxylic acids is 1. The molecule has 0 aliphatic rings. The molecular formula is C20H19N3O2. The molecule has 0 aliphatic heterocycles. The predicted molar refractivity (Wildman–Crippen MR) is 95.4 cm³/mol. The standard InChI is InChI=1S/C20H19N3O2/c24-20(23-25-15-16-7-3-1-4-8-16)22-19(17-9-5-2-6-10-17)18-11-13-21-14-12-18/h1-14,19H,15H2,(H2,22,23,24)/t19-/m1/s1. The summed E-state index contributed by atoms with van der Waals surface area (Å²) in [5.74, 6) is 0. The third-order valence-electron chi connectivity index (χ3n) is 3.69. The quantitative estimate of drug-likeness (QED) is 0.678. The fraction of sp³-hybridized carbons (Fsp3) is 0.100. The number of hydrogen-bond donors (Lipinski definition) is 2. The minimum absolute atomic E-state index is 0.287. The van der Waals surface area contributed by atoms with Crippen LogP contribution in [0, 0.1) is 0 Å². The van der Waals surface area contributed by atoms with Crippen molar-refractivity contribution in [3.05, 3.63) is 102 Å². The van der Waals surface area contributed by atoms with E-state index in [1.807, 2.05) is 72.8 Å². The van der Waals surface area contributed by atoms with Gasteiger partial charge in [0.1, 0.15) is 0 Å². The molecule has 126 valence electrons. The molecule has 0 aliphatic carbocycles. The van der Waals surface area contributed by atoms with Gasteiger partial charge in [-0.15, -0.1) is 0 Å². The number of rotatable bonds is 6. The number of amides is 2. The van der Waals surface area contributed by atoms with Crippen molar-refractivity contribution in [2.24, 2.45) is 0 Å². The van der Waals surface area contributed by atoms with Gasteiger partial charge in [-0.05, 0) is 28.8 Å². The van der Waals surface area contributed by atoms with E-state index in [-0.39, 0.29) is 6.04 Å². The maximum Gasteiger partial charge on any atom is 0.339 e. The summed E-state index contributed by atoms with van der Waals surface area (Å²) in [5.41, 5.74) is 5.34. The lowest BCUT2D eigenvalue weighted by Gasteiger charge is -2.20. The van der Waals surface area contributed by atoms with Gasteiger partial charge in [-0.2, -0.15) is 0 Å². The SMILES string of the molecule is O=C(NOCc1ccccc1)N[C@H](c1ccccc1)c1ccncc1. The highest BCUT2D eigenvalue weighted by Crippen LogP contribution is 2.21. The predicted octanol–water partition coefficient (Wildman–Crippen LogP) is 3.60. The van der Waals surface area contributed by atoms with Crippen LogP contribution in [0.2, 0.25) is 0 Å². The van der Waals surface area contributed by atoms with Crippen molar-refractivity contribution in [1.82, 2.24) is 15.8 Å². The second kappa shape index (κ2) is 8.61. The molecule has 3 aromatic rings. The van der Waals surface area contributed by atoms with Crippen LogP contribution in [0.5, 0.6) is 0 Å².